The lowest BCUT2D eigenvalue weighted by atomic mass is 10.0. The molecule has 1 aromatic heterocycles. The number of aryl methyl sites for hydroxylation is 1. The van der Waals surface area contributed by atoms with E-state index in [1.807, 2.05) is 0 Å². The summed E-state index contributed by atoms with van der Waals surface area (Å²) in [5.74, 6) is 1.88. The van der Waals surface area contributed by atoms with Crippen LogP contribution in [0.4, 0.5) is 0 Å². The Hall–Kier alpha value is -0.870. The van der Waals surface area contributed by atoms with E-state index in [0.717, 1.165) is 44.5 Å². The molecule has 1 aromatic rings. The highest BCUT2D eigenvalue weighted by atomic mass is 15.2. The van der Waals surface area contributed by atoms with E-state index >= 15 is 0 Å². The van der Waals surface area contributed by atoms with Crippen LogP contribution in [0.3, 0.4) is 0 Å². The van der Waals surface area contributed by atoms with Gasteiger partial charge in [-0.3, -0.25) is 4.90 Å². The predicted molar refractivity (Wildman–Crippen MR) is 72.7 cm³/mol. The van der Waals surface area contributed by atoms with Gasteiger partial charge in [0.1, 0.15) is 5.82 Å². The van der Waals surface area contributed by atoms with Crippen molar-refractivity contribution in [3.8, 4) is 0 Å². The smallest absolute Gasteiger partial charge is 0.120 e. The molecule has 18 heavy (non-hydrogen) atoms. The summed E-state index contributed by atoms with van der Waals surface area (Å²) in [6, 6.07) is 0. The number of nitrogens with zero attached hydrogens (tertiary/aromatic N) is 2. The maximum absolute atomic E-state index is 4.87. The lowest BCUT2D eigenvalue weighted by Crippen LogP contribution is -2.43. The molecule has 2 N–H and O–H groups in total. The van der Waals surface area contributed by atoms with E-state index in [1.54, 1.807) is 0 Å². The minimum absolute atomic E-state index is 0.720. The molecule has 0 spiro atoms. The molecule has 0 atom stereocenters. The van der Waals surface area contributed by atoms with Gasteiger partial charge in [0.05, 0.1) is 12.2 Å². The van der Waals surface area contributed by atoms with E-state index < -0.39 is 0 Å². The summed E-state index contributed by atoms with van der Waals surface area (Å²) in [5, 5.41) is 3.39. The zero-order chi connectivity index (χ0) is 12.4. The van der Waals surface area contributed by atoms with Crippen LogP contribution in [0.25, 0.3) is 0 Å². The lowest BCUT2D eigenvalue weighted by molar-refractivity contribution is 0.228. The minimum Gasteiger partial charge on any atom is -0.345 e. The molecule has 3 rings (SSSR count). The second kappa shape index (κ2) is 5.41. The zero-order valence-corrected chi connectivity index (χ0v) is 11.3. The third-order valence-corrected chi connectivity index (χ3v) is 4.30. The second-order valence-electron chi connectivity index (χ2n) is 5.70. The van der Waals surface area contributed by atoms with Crippen LogP contribution in [0.15, 0.2) is 0 Å². The Kier molecular flexibility index (Phi) is 3.66. The quantitative estimate of drug-likeness (QED) is 0.857. The highest BCUT2D eigenvalue weighted by Crippen LogP contribution is 2.34. The van der Waals surface area contributed by atoms with Gasteiger partial charge >= 0.3 is 0 Å². The SMILES string of the molecule is Cc1[nH]c(CN2CCNCC2)nc1C1CCCC1. The number of aromatic nitrogens is 2. The third kappa shape index (κ3) is 2.59. The number of hydrogen-bond acceptors (Lipinski definition) is 3. The van der Waals surface area contributed by atoms with Crippen LogP contribution in [0.1, 0.15) is 48.8 Å². The molecule has 0 radical (unpaired) electrons. The van der Waals surface area contributed by atoms with Gasteiger partial charge in [-0.15, -0.1) is 0 Å². The van der Waals surface area contributed by atoms with Gasteiger partial charge in [0.2, 0.25) is 0 Å². The van der Waals surface area contributed by atoms with E-state index in [4.69, 9.17) is 4.98 Å². The summed E-state index contributed by atoms with van der Waals surface area (Å²) in [7, 11) is 0. The molecule has 2 aliphatic rings. The first kappa shape index (κ1) is 12.2. The molecule has 0 aromatic carbocycles. The van der Waals surface area contributed by atoms with Crippen molar-refractivity contribution < 1.29 is 0 Å². The number of aromatic amines is 1. The molecule has 2 heterocycles. The fraction of sp³-hybridized carbons (Fsp3) is 0.786. The summed E-state index contributed by atoms with van der Waals surface area (Å²) in [6.07, 6.45) is 5.42. The maximum atomic E-state index is 4.87. The van der Waals surface area contributed by atoms with Crippen LogP contribution in [0.5, 0.6) is 0 Å². The van der Waals surface area contributed by atoms with Crippen LogP contribution in [-0.2, 0) is 6.54 Å². The molecule has 0 unspecified atom stereocenters. The van der Waals surface area contributed by atoms with Gasteiger partial charge in [0, 0.05) is 37.8 Å². The molecule has 1 saturated carbocycles. The average Bonchev–Trinajstić information content (AvgIpc) is 3.00. The van der Waals surface area contributed by atoms with Crippen molar-refractivity contribution in [3.05, 3.63) is 17.2 Å². The van der Waals surface area contributed by atoms with Crippen molar-refractivity contribution in [2.45, 2.75) is 45.1 Å². The Labute approximate surface area is 109 Å². The second-order valence-corrected chi connectivity index (χ2v) is 5.70. The molecule has 0 amide bonds. The molecule has 1 aliphatic carbocycles. The lowest BCUT2D eigenvalue weighted by Gasteiger charge is -2.26. The maximum Gasteiger partial charge on any atom is 0.120 e. The van der Waals surface area contributed by atoms with E-state index in [9.17, 15) is 0 Å². The topological polar surface area (TPSA) is 44.0 Å². The third-order valence-electron chi connectivity index (χ3n) is 4.30. The molecule has 0 bridgehead atoms. The van der Waals surface area contributed by atoms with Crippen molar-refractivity contribution in [1.29, 1.82) is 0 Å². The fourth-order valence-corrected chi connectivity index (χ4v) is 3.29. The van der Waals surface area contributed by atoms with Crippen LogP contribution >= 0.6 is 0 Å². The Bertz CT molecular complexity index is 386. The van der Waals surface area contributed by atoms with Gasteiger partial charge < -0.3 is 10.3 Å². The number of imidazole rings is 1. The van der Waals surface area contributed by atoms with Gasteiger partial charge in [-0.25, -0.2) is 4.98 Å². The van der Waals surface area contributed by atoms with Crippen LogP contribution in [0.2, 0.25) is 0 Å². The summed E-state index contributed by atoms with van der Waals surface area (Å²) in [4.78, 5) is 10.8. The van der Waals surface area contributed by atoms with E-state index in [-0.39, 0.29) is 0 Å². The number of rotatable bonds is 3. The van der Waals surface area contributed by atoms with Crippen molar-refractivity contribution in [2.75, 3.05) is 26.2 Å². The largest absolute Gasteiger partial charge is 0.345 e. The standard InChI is InChI=1S/C14H24N4/c1-11-14(12-4-2-3-5-12)17-13(16-11)10-18-8-6-15-7-9-18/h12,15H,2-10H2,1H3,(H,16,17). The van der Waals surface area contributed by atoms with E-state index in [0.29, 0.717) is 0 Å². The molecule has 4 nitrogen and oxygen atoms in total. The van der Waals surface area contributed by atoms with Crippen molar-refractivity contribution in [2.24, 2.45) is 0 Å². The highest BCUT2D eigenvalue weighted by molar-refractivity contribution is 5.18. The summed E-state index contributed by atoms with van der Waals surface area (Å²) >= 11 is 0. The molecule has 4 heteroatoms. The van der Waals surface area contributed by atoms with Gasteiger partial charge in [-0.1, -0.05) is 12.8 Å². The van der Waals surface area contributed by atoms with Crippen molar-refractivity contribution >= 4 is 0 Å². The Morgan fingerprint density at radius 1 is 1.22 bits per heavy atom. The van der Waals surface area contributed by atoms with E-state index in [2.05, 4.69) is 22.1 Å². The number of hydrogen-bond donors (Lipinski definition) is 2. The monoisotopic (exact) mass is 248 g/mol. The zero-order valence-electron chi connectivity index (χ0n) is 11.3. The first-order valence-electron chi connectivity index (χ1n) is 7.31. The number of piperazine rings is 1. The van der Waals surface area contributed by atoms with Crippen molar-refractivity contribution in [3.63, 3.8) is 0 Å². The first-order valence-corrected chi connectivity index (χ1v) is 7.31. The minimum atomic E-state index is 0.720. The fourth-order valence-electron chi connectivity index (χ4n) is 3.29. The highest BCUT2D eigenvalue weighted by Gasteiger charge is 2.22. The summed E-state index contributed by atoms with van der Waals surface area (Å²) in [5.41, 5.74) is 2.64. The van der Waals surface area contributed by atoms with E-state index in [1.165, 1.54) is 37.1 Å². The average molecular weight is 248 g/mol. The van der Waals surface area contributed by atoms with Gasteiger partial charge in [0.15, 0.2) is 0 Å². The summed E-state index contributed by atoms with van der Waals surface area (Å²) in [6.45, 7) is 7.65. The summed E-state index contributed by atoms with van der Waals surface area (Å²) < 4.78 is 0. The molecule has 100 valence electrons. The number of H-pyrrole nitrogens is 1. The molecule has 1 aliphatic heterocycles. The molecular formula is C14H24N4. The van der Waals surface area contributed by atoms with Crippen LogP contribution in [0, 0.1) is 6.92 Å². The predicted octanol–water partition coefficient (Wildman–Crippen LogP) is 1.78. The van der Waals surface area contributed by atoms with Gasteiger partial charge in [0.25, 0.3) is 0 Å². The Balaban J connectivity index is 1.67. The van der Waals surface area contributed by atoms with Crippen molar-refractivity contribution in [1.82, 2.24) is 20.2 Å². The Morgan fingerprint density at radius 3 is 2.67 bits per heavy atom. The van der Waals surface area contributed by atoms with Crippen LogP contribution in [-0.4, -0.2) is 41.0 Å². The van der Waals surface area contributed by atoms with Gasteiger partial charge in [-0.2, -0.15) is 0 Å². The number of nitrogens with one attached hydrogen (secondary N) is 2. The normalized spacial score (nSPS) is 22.7. The first-order chi connectivity index (χ1) is 8.83. The molecular weight excluding hydrogens is 224 g/mol. The van der Waals surface area contributed by atoms with Crippen LogP contribution < -0.4 is 5.32 Å². The molecule has 2 fully saturated rings. The Morgan fingerprint density at radius 2 is 1.94 bits per heavy atom. The van der Waals surface area contributed by atoms with Gasteiger partial charge in [-0.05, 0) is 19.8 Å². The molecule has 1 saturated heterocycles.